The zero-order chi connectivity index (χ0) is 18.0. The Hall–Kier alpha value is -1.70. The number of sulfone groups is 1. The van der Waals surface area contributed by atoms with Crippen LogP contribution in [0, 0.1) is 6.92 Å². The Balaban J connectivity index is 2.24. The monoisotopic (exact) mass is 367 g/mol. The van der Waals surface area contributed by atoms with Gasteiger partial charge in [0.1, 0.15) is 0 Å². The number of sulfonamides is 1. The fourth-order valence-corrected chi connectivity index (χ4v) is 4.82. The van der Waals surface area contributed by atoms with Gasteiger partial charge in [0, 0.05) is 14.1 Å². The lowest BCUT2D eigenvalue weighted by Gasteiger charge is -2.12. The molecular formula is C17H21NO4S2. The van der Waals surface area contributed by atoms with E-state index in [1.165, 1.54) is 26.2 Å². The van der Waals surface area contributed by atoms with Crippen molar-refractivity contribution in [1.82, 2.24) is 4.31 Å². The molecule has 0 aliphatic heterocycles. The molecule has 0 aliphatic rings. The SMILES string of the molecule is Cc1cccc(CS(=O)(=O)Cc2cccc(S(=O)(=O)N(C)C)c2)c1. The Morgan fingerprint density at radius 1 is 0.833 bits per heavy atom. The topological polar surface area (TPSA) is 71.5 Å². The van der Waals surface area contributed by atoms with E-state index >= 15 is 0 Å². The molecule has 0 saturated carbocycles. The highest BCUT2D eigenvalue weighted by Gasteiger charge is 2.19. The number of hydrogen-bond acceptors (Lipinski definition) is 4. The summed E-state index contributed by atoms with van der Waals surface area (Å²) in [5, 5.41) is 0. The predicted octanol–water partition coefficient (Wildman–Crippen LogP) is 2.36. The van der Waals surface area contributed by atoms with Gasteiger partial charge in [0.25, 0.3) is 0 Å². The van der Waals surface area contributed by atoms with Crippen LogP contribution >= 0.6 is 0 Å². The summed E-state index contributed by atoms with van der Waals surface area (Å²) < 4.78 is 50.2. The lowest BCUT2D eigenvalue weighted by atomic mass is 10.2. The number of nitrogens with zero attached hydrogens (tertiary/aromatic N) is 1. The van der Waals surface area contributed by atoms with Crippen LogP contribution in [0.2, 0.25) is 0 Å². The molecule has 0 bridgehead atoms. The number of rotatable bonds is 6. The zero-order valence-corrected chi connectivity index (χ0v) is 15.6. The second-order valence-electron chi connectivity index (χ2n) is 5.96. The first kappa shape index (κ1) is 18.6. The van der Waals surface area contributed by atoms with Crippen molar-refractivity contribution < 1.29 is 16.8 Å². The summed E-state index contributed by atoms with van der Waals surface area (Å²) in [5.74, 6) is -0.267. The van der Waals surface area contributed by atoms with Gasteiger partial charge in [-0.2, -0.15) is 0 Å². The minimum Gasteiger partial charge on any atom is -0.228 e. The Morgan fingerprint density at radius 2 is 1.38 bits per heavy atom. The van der Waals surface area contributed by atoms with E-state index in [0.717, 1.165) is 15.4 Å². The molecule has 0 heterocycles. The van der Waals surface area contributed by atoms with E-state index in [4.69, 9.17) is 0 Å². The summed E-state index contributed by atoms with van der Waals surface area (Å²) in [4.78, 5) is 0.0933. The lowest BCUT2D eigenvalue weighted by molar-refractivity contribution is 0.520. The fraction of sp³-hybridized carbons (Fsp3) is 0.294. The van der Waals surface area contributed by atoms with Crippen molar-refractivity contribution in [3.63, 3.8) is 0 Å². The van der Waals surface area contributed by atoms with Gasteiger partial charge in [-0.3, -0.25) is 0 Å². The second-order valence-corrected chi connectivity index (χ2v) is 10.2. The molecule has 2 aromatic rings. The minimum atomic E-state index is -3.58. The summed E-state index contributed by atoms with van der Waals surface area (Å²) in [6.45, 7) is 1.91. The molecule has 130 valence electrons. The quantitative estimate of drug-likeness (QED) is 0.786. The first-order valence-corrected chi connectivity index (χ1v) is 10.6. The van der Waals surface area contributed by atoms with Gasteiger partial charge in [0.05, 0.1) is 16.4 Å². The zero-order valence-electron chi connectivity index (χ0n) is 13.9. The van der Waals surface area contributed by atoms with E-state index in [1.807, 2.05) is 25.1 Å². The smallest absolute Gasteiger partial charge is 0.228 e. The van der Waals surface area contributed by atoms with Crippen molar-refractivity contribution in [1.29, 1.82) is 0 Å². The van der Waals surface area contributed by atoms with Crippen LogP contribution in [0.15, 0.2) is 53.4 Å². The summed E-state index contributed by atoms with van der Waals surface area (Å²) in [6.07, 6.45) is 0. The molecule has 2 aromatic carbocycles. The Morgan fingerprint density at radius 3 is 1.92 bits per heavy atom. The second kappa shape index (κ2) is 7.04. The normalized spacial score (nSPS) is 12.5. The van der Waals surface area contributed by atoms with E-state index in [1.54, 1.807) is 18.2 Å². The van der Waals surface area contributed by atoms with Crippen LogP contribution in [-0.2, 0) is 31.4 Å². The molecular weight excluding hydrogens is 346 g/mol. The summed E-state index contributed by atoms with van der Waals surface area (Å²) >= 11 is 0. The van der Waals surface area contributed by atoms with Crippen LogP contribution in [0.1, 0.15) is 16.7 Å². The molecule has 0 fully saturated rings. The van der Waals surface area contributed by atoms with Crippen LogP contribution < -0.4 is 0 Å². The average molecular weight is 367 g/mol. The van der Waals surface area contributed by atoms with E-state index in [-0.39, 0.29) is 16.4 Å². The molecule has 0 radical (unpaired) electrons. The molecule has 0 saturated heterocycles. The molecule has 0 aromatic heterocycles. The number of benzene rings is 2. The van der Waals surface area contributed by atoms with Crippen LogP contribution in [0.25, 0.3) is 0 Å². The Bertz CT molecular complexity index is 933. The fourth-order valence-electron chi connectivity index (χ4n) is 2.37. The molecule has 2 rings (SSSR count). The molecule has 0 spiro atoms. The third kappa shape index (κ3) is 4.66. The van der Waals surface area contributed by atoms with Gasteiger partial charge in [-0.25, -0.2) is 21.1 Å². The van der Waals surface area contributed by atoms with Crippen molar-refractivity contribution >= 4 is 19.9 Å². The predicted molar refractivity (Wildman–Crippen MR) is 94.8 cm³/mol. The summed E-state index contributed by atoms with van der Waals surface area (Å²) in [5.41, 5.74) is 2.19. The van der Waals surface area contributed by atoms with Crippen LogP contribution in [-0.4, -0.2) is 35.2 Å². The van der Waals surface area contributed by atoms with Gasteiger partial charge in [0.15, 0.2) is 9.84 Å². The molecule has 5 nitrogen and oxygen atoms in total. The number of hydrogen-bond donors (Lipinski definition) is 0. The molecule has 0 amide bonds. The Labute approximate surface area is 143 Å². The third-order valence-corrected chi connectivity index (χ3v) is 6.89. The summed E-state index contributed by atoms with van der Waals surface area (Å²) in [7, 11) is -4.09. The van der Waals surface area contributed by atoms with Gasteiger partial charge in [-0.05, 0) is 30.2 Å². The standard InChI is InChI=1S/C17H21NO4S2/c1-14-6-4-7-15(10-14)12-23(19,20)13-16-8-5-9-17(11-16)24(21,22)18(2)3/h4-11H,12-13H2,1-3H3. The molecule has 7 heteroatoms. The van der Waals surface area contributed by atoms with Gasteiger partial charge >= 0.3 is 0 Å². The molecule has 0 atom stereocenters. The first-order valence-electron chi connectivity index (χ1n) is 7.37. The van der Waals surface area contributed by atoms with Crippen LogP contribution in [0.4, 0.5) is 0 Å². The average Bonchev–Trinajstić information content (AvgIpc) is 2.46. The maximum atomic E-state index is 12.4. The highest BCUT2D eigenvalue weighted by atomic mass is 32.2. The van der Waals surface area contributed by atoms with Crippen molar-refractivity contribution in [3.05, 3.63) is 65.2 Å². The van der Waals surface area contributed by atoms with Crippen LogP contribution in [0.3, 0.4) is 0 Å². The Kier molecular flexibility index (Phi) is 5.47. The highest BCUT2D eigenvalue weighted by molar-refractivity contribution is 7.90. The first-order chi connectivity index (χ1) is 11.1. The van der Waals surface area contributed by atoms with Gasteiger partial charge < -0.3 is 0 Å². The van der Waals surface area contributed by atoms with Crippen molar-refractivity contribution in [3.8, 4) is 0 Å². The molecule has 0 unspecified atom stereocenters. The van der Waals surface area contributed by atoms with Crippen molar-refractivity contribution in [2.75, 3.05) is 14.1 Å². The van der Waals surface area contributed by atoms with Crippen molar-refractivity contribution in [2.45, 2.75) is 23.3 Å². The largest absolute Gasteiger partial charge is 0.242 e. The van der Waals surface area contributed by atoms with E-state index in [0.29, 0.717) is 5.56 Å². The lowest BCUT2D eigenvalue weighted by Crippen LogP contribution is -2.22. The number of aryl methyl sites for hydroxylation is 1. The highest BCUT2D eigenvalue weighted by Crippen LogP contribution is 2.18. The summed E-state index contributed by atoms with van der Waals surface area (Å²) in [6, 6.07) is 13.4. The van der Waals surface area contributed by atoms with E-state index < -0.39 is 19.9 Å². The third-order valence-electron chi connectivity index (χ3n) is 3.53. The van der Waals surface area contributed by atoms with Gasteiger partial charge in [-0.15, -0.1) is 0 Å². The van der Waals surface area contributed by atoms with Crippen LogP contribution in [0.5, 0.6) is 0 Å². The minimum absolute atomic E-state index is 0.0701. The van der Waals surface area contributed by atoms with E-state index in [2.05, 4.69) is 0 Å². The van der Waals surface area contributed by atoms with Crippen molar-refractivity contribution in [2.24, 2.45) is 0 Å². The van der Waals surface area contributed by atoms with Gasteiger partial charge in [-0.1, -0.05) is 42.0 Å². The molecule has 0 aliphatic carbocycles. The maximum absolute atomic E-state index is 12.4. The molecule has 0 N–H and O–H groups in total. The molecule has 24 heavy (non-hydrogen) atoms. The van der Waals surface area contributed by atoms with E-state index in [9.17, 15) is 16.8 Å². The van der Waals surface area contributed by atoms with Gasteiger partial charge in [0.2, 0.25) is 10.0 Å². The maximum Gasteiger partial charge on any atom is 0.242 e.